The minimum atomic E-state index is -0.227. The number of carbonyl (C=O) groups excluding carboxylic acids is 2. The monoisotopic (exact) mass is 274 g/mol. The molecule has 1 aromatic rings. The Morgan fingerprint density at radius 2 is 1.95 bits per heavy atom. The Hall–Kier alpha value is -1.84. The van der Waals surface area contributed by atoms with Crippen LogP contribution in [0.4, 0.5) is 5.69 Å². The van der Waals surface area contributed by atoms with Crippen LogP contribution < -0.4 is 10.2 Å². The Morgan fingerprint density at radius 3 is 2.55 bits per heavy atom. The largest absolute Gasteiger partial charge is 0.356 e. The summed E-state index contributed by atoms with van der Waals surface area (Å²) in [5.41, 5.74) is 3.16. The summed E-state index contributed by atoms with van der Waals surface area (Å²) in [4.78, 5) is 25.8. The van der Waals surface area contributed by atoms with Crippen LogP contribution in [-0.2, 0) is 9.59 Å². The van der Waals surface area contributed by atoms with E-state index in [2.05, 4.69) is 11.4 Å². The van der Waals surface area contributed by atoms with Crippen molar-refractivity contribution in [2.24, 2.45) is 5.92 Å². The number of nitrogens with one attached hydrogen (secondary N) is 1. The number of hydrogen-bond donors (Lipinski definition) is 1. The molecule has 1 saturated heterocycles. The minimum Gasteiger partial charge on any atom is -0.356 e. The van der Waals surface area contributed by atoms with Crippen molar-refractivity contribution in [1.29, 1.82) is 0 Å². The first-order chi connectivity index (χ1) is 9.51. The van der Waals surface area contributed by atoms with Crippen LogP contribution in [-0.4, -0.2) is 24.9 Å². The van der Waals surface area contributed by atoms with Crippen molar-refractivity contribution in [3.05, 3.63) is 29.3 Å². The summed E-state index contributed by atoms with van der Waals surface area (Å²) in [6.07, 6.45) is 1.22. The van der Waals surface area contributed by atoms with Crippen molar-refractivity contribution in [3.8, 4) is 0 Å². The lowest BCUT2D eigenvalue weighted by Gasteiger charge is -2.18. The van der Waals surface area contributed by atoms with Crippen LogP contribution in [0.2, 0.25) is 0 Å². The molecule has 0 radical (unpaired) electrons. The molecule has 1 N–H and O–H groups in total. The molecule has 1 aromatic carbocycles. The van der Waals surface area contributed by atoms with E-state index in [1.54, 1.807) is 4.90 Å². The number of amides is 2. The molecule has 4 nitrogen and oxygen atoms in total. The van der Waals surface area contributed by atoms with Gasteiger partial charge in [-0.05, 0) is 43.5 Å². The fourth-order valence-corrected chi connectivity index (χ4v) is 2.63. The summed E-state index contributed by atoms with van der Waals surface area (Å²) in [6, 6.07) is 6.07. The molecule has 20 heavy (non-hydrogen) atoms. The number of rotatable bonds is 4. The quantitative estimate of drug-likeness (QED) is 0.915. The van der Waals surface area contributed by atoms with Crippen LogP contribution in [0, 0.1) is 19.8 Å². The van der Waals surface area contributed by atoms with Gasteiger partial charge < -0.3 is 10.2 Å². The van der Waals surface area contributed by atoms with E-state index in [1.165, 1.54) is 0 Å². The predicted molar refractivity (Wildman–Crippen MR) is 79.7 cm³/mol. The smallest absolute Gasteiger partial charge is 0.227 e. The molecule has 1 unspecified atom stereocenters. The first-order valence-electron chi connectivity index (χ1n) is 7.17. The lowest BCUT2D eigenvalue weighted by molar-refractivity contribution is -0.126. The topological polar surface area (TPSA) is 49.4 Å². The van der Waals surface area contributed by atoms with Crippen molar-refractivity contribution in [2.75, 3.05) is 18.0 Å². The van der Waals surface area contributed by atoms with E-state index in [4.69, 9.17) is 0 Å². The molecule has 1 heterocycles. The summed E-state index contributed by atoms with van der Waals surface area (Å²) in [7, 11) is 0. The van der Waals surface area contributed by atoms with Crippen LogP contribution in [0.3, 0.4) is 0 Å². The van der Waals surface area contributed by atoms with Gasteiger partial charge in [0, 0.05) is 25.2 Å². The van der Waals surface area contributed by atoms with E-state index in [-0.39, 0.29) is 17.7 Å². The van der Waals surface area contributed by atoms with Gasteiger partial charge in [0.25, 0.3) is 0 Å². The normalized spacial score (nSPS) is 18.4. The standard InChI is InChI=1S/C16H22N2O2/c1-4-5-17-16(20)13-9-15(19)18(10-13)14-7-11(2)6-12(3)8-14/h6-8,13H,4-5,9-10H2,1-3H3,(H,17,20). The van der Waals surface area contributed by atoms with Crippen molar-refractivity contribution >= 4 is 17.5 Å². The van der Waals surface area contributed by atoms with Crippen LogP contribution in [0.25, 0.3) is 0 Å². The molecule has 1 atom stereocenters. The van der Waals surface area contributed by atoms with E-state index in [9.17, 15) is 9.59 Å². The third kappa shape index (κ3) is 3.18. The van der Waals surface area contributed by atoms with E-state index in [1.807, 2.05) is 32.9 Å². The molecule has 108 valence electrons. The molecule has 0 aromatic heterocycles. The van der Waals surface area contributed by atoms with Crippen molar-refractivity contribution in [2.45, 2.75) is 33.6 Å². The maximum Gasteiger partial charge on any atom is 0.227 e. The van der Waals surface area contributed by atoms with E-state index >= 15 is 0 Å². The third-order valence-electron chi connectivity index (χ3n) is 3.56. The van der Waals surface area contributed by atoms with Gasteiger partial charge in [-0.3, -0.25) is 9.59 Å². The Balaban J connectivity index is 2.11. The highest BCUT2D eigenvalue weighted by atomic mass is 16.2. The molecular formula is C16H22N2O2. The maximum atomic E-state index is 12.1. The zero-order valence-electron chi connectivity index (χ0n) is 12.4. The maximum absolute atomic E-state index is 12.1. The Morgan fingerprint density at radius 1 is 1.30 bits per heavy atom. The fourth-order valence-electron chi connectivity index (χ4n) is 2.63. The molecule has 0 spiro atoms. The summed E-state index contributed by atoms with van der Waals surface area (Å²) < 4.78 is 0. The highest BCUT2D eigenvalue weighted by Gasteiger charge is 2.34. The molecule has 1 aliphatic rings. The second-order valence-electron chi connectivity index (χ2n) is 5.54. The van der Waals surface area contributed by atoms with Crippen LogP contribution in [0.15, 0.2) is 18.2 Å². The first-order valence-corrected chi connectivity index (χ1v) is 7.17. The average molecular weight is 274 g/mol. The Labute approximate surface area is 120 Å². The molecular weight excluding hydrogens is 252 g/mol. The number of anilines is 1. The van der Waals surface area contributed by atoms with Gasteiger partial charge in [0.05, 0.1) is 5.92 Å². The van der Waals surface area contributed by atoms with Gasteiger partial charge >= 0.3 is 0 Å². The zero-order chi connectivity index (χ0) is 14.7. The van der Waals surface area contributed by atoms with E-state index < -0.39 is 0 Å². The number of hydrogen-bond acceptors (Lipinski definition) is 2. The highest BCUT2D eigenvalue weighted by molar-refractivity contribution is 6.00. The lowest BCUT2D eigenvalue weighted by atomic mass is 10.1. The third-order valence-corrected chi connectivity index (χ3v) is 3.56. The lowest BCUT2D eigenvalue weighted by Crippen LogP contribution is -2.33. The van der Waals surface area contributed by atoms with E-state index in [0.717, 1.165) is 23.2 Å². The van der Waals surface area contributed by atoms with Gasteiger partial charge in [0.2, 0.25) is 11.8 Å². The van der Waals surface area contributed by atoms with Crippen LogP contribution in [0.5, 0.6) is 0 Å². The SMILES string of the molecule is CCCNC(=O)C1CC(=O)N(c2cc(C)cc(C)c2)C1. The molecule has 4 heteroatoms. The van der Waals surface area contributed by atoms with Crippen molar-refractivity contribution in [1.82, 2.24) is 5.32 Å². The second-order valence-corrected chi connectivity index (χ2v) is 5.54. The van der Waals surface area contributed by atoms with Gasteiger partial charge in [-0.15, -0.1) is 0 Å². The molecule has 2 amide bonds. The molecule has 0 saturated carbocycles. The summed E-state index contributed by atoms with van der Waals surface area (Å²) >= 11 is 0. The van der Waals surface area contributed by atoms with Crippen LogP contribution in [0.1, 0.15) is 30.9 Å². The van der Waals surface area contributed by atoms with Gasteiger partial charge in [-0.1, -0.05) is 13.0 Å². The number of aryl methyl sites for hydroxylation is 2. The molecule has 1 fully saturated rings. The van der Waals surface area contributed by atoms with Crippen molar-refractivity contribution in [3.63, 3.8) is 0 Å². The average Bonchev–Trinajstić information content (AvgIpc) is 2.77. The fraction of sp³-hybridized carbons (Fsp3) is 0.500. The number of carbonyl (C=O) groups is 2. The summed E-state index contributed by atoms with van der Waals surface area (Å²) in [5, 5.41) is 2.87. The molecule has 0 bridgehead atoms. The number of nitrogens with zero attached hydrogens (tertiary/aromatic N) is 1. The Kier molecular flexibility index (Phi) is 4.42. The van der Waals surface area contributed by atoms with Crippen molar-refractivity contribution < 1.29 is 9.59 Å². The second kappa shape index (κ2) is 6.07. The zero-order valence-corrected chi connectivity index (χ0v) is 12.4. The molecule has 0 aliphatic carbocycles. The number of benzene rings is 1. The first kappa shape index (κ1) is 14.6. The summed E-state index contributed by atoms with van der Waals surface area (Å²) in [6.45, 7) is 7.21. The predicted octanol–water partition coefficient (Wildman–Crippen LogP) is 2.18. The van der Waals surface area contributed by atoms with Gasteiger partial charge in [-0.25, -0.2) is 0 Å². The molecule has 1 aliphatic heterocycles. The van der Waals surface area contributed by atoms with Gasteiger partial charge in [0.15, 0.2) is 0 Å². The van der Waals surface area contributed by atoms with Gasteiger partial charge in [0.1, 0.15) is 0 Å². The van der Waals surface area contributed by atoms with Gasteiger partial charge in [-0.2, -0.15) is 0 Å². The van der Waals surface area contributed by atoms with E-state index in [0.29, 0.717) is 19.5 Å². The minimum absolute atomic E-state index is 0.00734. The molecule has 2 rings (SSSR count). The highest BCUT2D eigenvalue weighted by Crippen LogP contribution is 2.27. The Bertz CT molecular complexity index is 505. The summed E-state index contributed by atoms with van der Waals surface area (Å²) in [5.74, 6) is -0.200. The van der Waals surface area contributed by atoms with Crippen LogP contribution >= 0.6 is 0 Å².